The fraction of sp³-hybridized carbons (Fsp3) is 0.400. The van der Waals surface area contributed by atoms with Gasteiger partial charge >= 0.3 is 0 Å². The molecule has 0 aromatic carbocycles. The Morgan fingerprint density at radius 2 is 2.31 bits per heavy atom. The fourth-order valence-corrected chi connectivity index (χ4v) is 1.51. The Morgan fingerprint density at radius 3 is 3.06 bits per heavy atom. The standard InChI is InChI=1S/C10H14N6/c1-8-7-12-5-3-9(8)10-13-14-15-16(10)6-2-4-11/h3,5,7H,2,4,6,11H2,1H3. The second-order valence-electron chi connectivity index (χ2n) is 3.56. The van der Waals surface area contributed by atoms with Crippen LogP contribution < -0.4 is 5.73 Å². The van der Waals surface area contributed by atoms with E-state index in [1.165, 1.54) is 0 Å². The molecule has 0 atom stereocenters. The van der Waals surface area contributed by atoms with Crippen molar-refractivity contribution >= 4 is 0 Å². The summed E-state index contributed by atoms with van der Waals surface area (Å²) in [7, 11) is 0. The summed E-state index contributed by atoms with van der Waals surface area (Å²) in [5, 5.41) is 11.7. The van der Waals surface area contributed by atoms with E-state index in [0.29, 0.717) is 6.54 Å². The Morgan fingerprint density at radius 1 is 1.44 bits per heavy atom. The topological polar surface area (TPSA) is 82.5 Å². The third-order valence-electron chi connectivity index (χ3n) is 2.37. The third-order valence-corrected chi connectivity index (χ3v) is 2.37. The van der Waals surface area contributed by atoms with Crippen LogP contribution in [0.2, 0.25) is 0 Å². The van der Waals surface area contributed by atoms with Gasteiger partial charge in [0.1, 0.15) is 0 Å². The maximum Gasteiger partial charge on any atom is 0.182 e. The van der Waals surface area contributed by atoms with E-state index >= 15 is 0 Å². The molecule has 0 aliphatic rings. The molecule has 0 radical (unpaired) electrons. The van der Waals surface area contributed by atoms with Gasteiger partial charge in [-0.1, -0.05) is 0 Å². The van der Waals surface area contributed by atoms with Crippen molar-refractivity contribution in [1.29, 1.82) is 0 Å². The highest BCUT2D eigenvalue weighted by Gasteiger charge is 2.10. The quantitative estimate of drug-likeness (QED) is 0.802. The molecule has 6 heteroatoms. The number of pyridine rings is 1. The molecule has 16 heavy (non-hydrogen) atoms. The molecule has 2 aromatic heterocycles. The Labute approximate surface area is 93.5 Å². The lowest BCUT2D eigenvalue weighted by atomic mass is 10.1. The minimum absolute atomic E-state index is 0.634. The molecule has 0 spiro atoms. The monoisotopic (exact) mass is 218 g/mol. The van der Waals surface area contributed by atoms with E-state index in [1.54, 1.807) is 17.1 Å². The first-order valence-corrected chi connectivity index (χ1v) is 5.20. The number of tetrazole rings is 1. The first kappa shape index (κ1) is 10.7. The molecule has 84 valence electrons. The van der Waals surface area contributed by atoms with Crippen molar-refractivity contribution in [2.45, 2.75) is 19.9 Å². The molecule has 0 bridgehead atoms. The van der Waals surface area contributed by atoms with E-state index < -0.39 is 0 Å². The third kappa shape index (κ3) is 2.06. The zero-order valence-electron chi connectivity index (χ0n) is 9.17. The normalized spacial score (nSPS) is 10.6. The SMILES string of the molecule is Cc1cnccc1-c1nnnn1CCCN. The van der Waals surface area contributed by atoms with Crippen LogP contribution in [-0.2, 0) is 6.54 Å². The Balaban J connectivity index is 2.33. The van der Waals surface area contributed by atoms with E-state index in [2.05, 4.69) is 20.5 Å². The van der Waals surface area contributed by atoms with Crippen LogP contribution in [0.1, 0.15) is 12.0 Å². The zero-order chi connectivity index (χ0) is 11.4. The van der Waals surface area contributed by atoms with Gasteiger partial charge in [-0.3, -0.25) is 4.98 Å². The van der Waals surface area contributed by atoms with E-state index in [0.717, 1.165) is 29.9 Å². The van der Waals surface area contributed by atoms with Crippen LogP contribution >= 0.6 is 0 Å². The number of aromatic nitrogens is 5. The molecule has 0 fully saturated rings. The molecule has 2 N–H and O–H groups in total. The van der Waals surface area contributed by atoms with Gasteiger partial charge in [-0.2, -0.15) is 0 Å². The molecular formula is C10H14N6. The van der Waals surface area contributed by atoms with E-state index in [4.69, 9.17) is 5.73 Å². The summed E-state index contributed by atoms with van der Waals surface area (Å²) in [6, 6.07) is 1.92. The van der Waals surface area contributed by atoms with E-state index in [-0.39, 0.29) is 0 Å². The Hall–Kier alpha value is -1.82. The smallest absolute Gasteiger partial charge is 0.182 e. The molecular weight excluding hydrogens is 204 g/mol. The Bertz CT molecular complexity index is 464. The number of aryl methyl sites for hydroxylation is 2. The maximum absolute atomic E-state index is 5.47. The van der Waals surface area contributed by atoms with Gasteiger partial charge in [0, 0.05) is 24.5 Å². The summed E-state index contributed by atoms with van der Waals surface area (Å²) in [4.78, 5) is 4.05. The van der Waals surface area contributed by atoms with Gasteiger partial charge in [0.05, 0.1) is 0 Å². The number of nitrogens with zero attached hydrogens (tertiary/aromatic N) is 5. The molecule has 0 aliphatic heterocycles. The van der Waals surface area contributed by atoms with Gasteiger partial charge in [-0.05, 0) is 41.9 Å². The average molecular weight is 218 g/mol. The van der Waals surface area contributed by atoms with Crippen LogP contribution in [0.3, 0.4) is 0 Å². The minimum atomic E-state index is 0.634. The summed E-state index contributed by atoms with van der Waals surface area (Å²) in [5.74, 6) is 0.772. The summed E-state index contributed by atoms with van der Waals surface area (Å²) in [6.07, 6.45) is 4.41. The predicted octanol–water partition coefficient (Wildman–Crippen LogP) is 0.392. The van der Waals surface area contributed by atoms with Crippen molar-refractivity contribution in [3.05, 3.63) is 24.0 Å². The number of nitrogens with two attached hydrogens (primary N) is 1. The first-order valence-electron chi connectivity index (χ1n) is 5.20. The highest BCUT2D eigenvalue weighted by atomic mass is 15.5. The second-order valence-corrected chi connectivity index (χ2v) is 3.56. The molecule has 0 saturated carbocycles. The lowest BCUT2D eigenvalue weighted by Crippen LogP contribution is -2.08. The van der Waals surface area contributed by atoms with E-state index in [9.17, 15) is 0 Å². The van der Waals surface area contributed by atoms with Crippen LogP contribution in [-0.4, -0.2) is 31.7 Å². The average Bonchev–Trinajstić information content (AvgIpc) is 2.75. The van der Waals surface area contributed by atoms with Crippen molar-refractivity contribution < 1.29 is 0 Å². The minimum Gasteiger partial charge on any atom is -0.330 e. The van der Waals surface area contributed by atoms with Crippen LogP contribution in [0.4, 0.5) is 0 Å². The largest absolute Gasteiger partial charge is 0.330 e. The number of hydrogen-bond donors (Lipinski definition) is 1. The van der Waals surface area contributed by atoms with Crippen molar-refractivity contribution in [3.8, 4) is 11.4 Å². The van der Waals surface area contributed by atoms with Gasteiger partial charge in [0.25, 0.3) is 0 Å². The van der Waals surface area contributed by atoms with Gasteiger partial charge in [-0.25, -0.2) is 4.68 Å². The van der Waals surface area contributed by atoms with Gasteiger partial charge in [0.2, 0.25) is 0 Å². The van der Waals surface area contributed by atoms with Gasteiger partial charge in [0.15, 0.2) is 5.82 Å². The molecule has 2 rings (SSSR count). The maximum atomic E-state index is 5.47. The second kappa shape index (κ2) is 4.80. The Kier molecular flexibility index (Phi) is 3.21. The van der Waals surface area contributed by atoms with Crippen LogP contribution in [0.25, 0.3) is 11.4 Å². The summed E-state index contributed by atoms with van der Waals surface area (Å²) >= 11 is 0. The van der Waals surface area contributed by atoms with Crippen LogP contribution in [0.5, 0.6) is 0 Å². The molecule has 2 aromatic rings. The lowest BCUT2D eigenvalue weighted by Gasteiger charge is -2.05. The predicted molar refractivity (Wildman–Crippen MR) is 59.5 cm³/mol. The zero-order valence-corrected chi connectivity index (χ0v) is 9.17. The molecule has 2 heterocycles. The van der Waals surface area contributed by atoms with Crippen molar-refractivity contribution in [2.75, 3.05) is 6.54 Å². The summed E-state index contributed by atoms with van der Waals surface area (Å²) in [5.41, 5.74) is 7.54. The van der Waals surface area contributed by atoms with Crippen molar-refractivity contribution in [1.82, 2.24) is 25.2 Å². The highest BCUT2D eigenvalue weighted by molar-refractivity contribution is 5.58. The van der Waals surface area contributed by atoms with E-state index in [1.807, 2.05) is 13.0 Å². The van der Waals surface area contributed by atoms with Crippen LogP contribution in [0.15, 0.2) is 18.5 Å². The molecule has 0 saturated heterocycles. The lowest BCUT2D eigenvalue weighted by molar-refractivity contribution is 0.568. The molecule has 0 amide bonds. The van der Waals surface area contributed by atoms with Gasteiger partial charge < -0.3 is 5.73 Å². The summed E-state index contributed by atoms with van der Waals surface area (Å²) in [6.45, 7) is 3.36. The first-order chi connectivity index (χ1) is 7.83. The molecule has 0 aliphatic carbocycles. The van der Waals surface area contributed by atoms with Crippen molar-refractivity contribution in [2.24, 2.45) is 5.73 Å². The van der Waals surface area contributed by atoms with Crippen LogP contribution in [0, 0.1) is 6.92 Å². The van der Waals surface area contributed by atoms with Crippen molar-refractivity contribution in [3.63, 3.8) is 0 Å². The van der Waals surface area contributed by atoms with Gasteiger partial charge in [-0.15, -0.1) is 5.10 Å². The molecule has 6 nitrogen and oxygen atoms in total. The molecule has 0 unspecified atom stereocenters. The fourth-order valence-electron chi connectivity index (χ4n) is 1.51. The summed E-state index contributed by atoms with van der Waals surface area (Å²) < 4.78 is 1.77. The highest BCUT2D eigenvalue weighted by Crippen LogP contribution is 2.18. The number of hydrogen-bond acceptors (Lipinski definition) is 5. The number of rotatable bonds is 4.